The smallest absolute Gasteiger partial charge is 0.255 e. The van der Waals surface area contributed by atoms with Crippen molar-refractivity contribution in [3.8, 4) is 11.5 Å². The zero-order valence-corrected chi connectivity index (χ0v) is 12.0. The molecule has 0 aliphatic heterocycles. The second-order valence-electron chi connectivity index (χ2n) is 4.89. The zero-order chi connectivity index (χ0) is 14.6. The summed E-state index contributed by atoms with van der Waals surface area (Å²) in [7, 11) is 2.99. The molecule has 1 aromatic rings. The molecule has 0 aliphatic rings. The summed E-state index contributed by atoms with van der Waals surface area (Å²) >= 11 is 0. The molecule has 0 saturated carbocycles. The van der Waals surface area contributed by atoms with Gasteiger partial charge in [-0.05, 0) is 32.9 Å². The third-order valence-electron chi connectivity index (χ3n) is 3.13. The van der Waals surface area contributed by atoms with Crippen molar-refractivity contribution in [3.63, 3.8) is 0 Å². The lowest BCUT2D eigenvalue weighted by molar-refractivity contribution is 0.0706. The van der Waals surface area contributed by atoms with Crippen molar-refractivity contribution in [2.45, 2.75) is 32.4 Å². The number of benzene rings is 1. The van der Waals surface area contributed by atoms with E-state index in [0.717, 1.165) is 0 Å². The number of ether oxygens (including phenoxy) is 2. The number of hydrogen-bond donors (Lipinski definition) is 2. The van der Waals surface area contributed by atoms with Gasteiger partial charge >= 0.3 is 0 Å². The van der Waals surface area contributed by atoms with Crippen LogP contribution in [-0.4, -0.2) is 36.9 Å². The van der Waals surface area contributed by atoms with Gasteiger partial charge in [-0.2, -0.15) is 0 Å². The van der Waals surface area contributed by atoms with Gasteiger partial charge in [-0.25, -0.2) is 0 Å². The van der Waals surface area contributed by atoms with Gasteiger partial charge < -0.3 is 19.9 Å². The monoisotopic (exact) mass is 267 g/mol. The van der Waals surface area contributed by atoms with Crippen molar-refractivity contribution in [1.82, 2.24) is 5.32 Å². The minimum atomic E-state index is -0.731. The van der Waals surface area contributed by atoms with Crippen LogP contribution in [0, 0.1) is 0 Å². The summed E-state index contributed by atoms with van der Waals surface area (Å²) in [5.41, 5.74) is -0.360. The molecule has 0 bridgehead atoms. The average Bonchev–Trinajstić information content (AvgIpc) is 2.36. The molecule has 106 valence electrons. The van der Waals surface area contributed by atoms with E-state index in [9.17, 15) is 9.90 Å². The average molecular weight is 267 g/mol. The van der Waals surface area contributed by atoms with Gasteiger partial charge in [0.25, 0.3) is 5.91 Å². The molecule has 19 heavy (non-hydrogen) atoms. The van der Waals surface area contributed by atoms with E-state index in [4.69, 9.17) is 9.47 Å². The van der Waals surface area contributed by atoms with Gasteiger partial charge in [0.05, 0.1) is 31.4 Å². The van der Waals surface area contributed by atoms with Gasteiger partial charge in [0.2, 0.25) is 0 Å². The topological polar surface area (TPSA) is 67.8 Å². The predicted octanol–water partition coefficient (Wildman–Crippen LogP) is 1.59. The van der Waals surface area contributed by atoms with E-state index < -0.39 is 11.6 Å². The van der Waals surface area contributed by atoms with Crippen LogP contribution in [-0.2, 0) is 0 Å². The molecule has 1 atom stereocenters. The van der Waals surface area contributed by atoms with Crippen LogP contribution < -0.4 is 14.8 Å². The molecule has 1 amide bonds. The Morgan fingerprint density at radius 3 is 2.42 bits per heavy atom. The minimum absolute atomic E-state index is 0.318. The number of aliphatic hydroxyl groups is 1. The molecule has 1 rings (SSSR count). The van der Waals surface area contributed by atoms with Crippen LogP contribution in [0.4, 0.5) is 0 Å². The SMILES string of the molecule is COc1cccc(C(=O)NC(C)(C)[C@H](C)O)c1OC. The van der Waals surface area contributed by atoms with Gasteiger partial charge in [-0.1, -0.05) is 6.07 Å². The first-order chi connectivity index (χ1) is 8.83. The molecule has 0 fully saturated rings. The van der Waals surface area contributed by atoms with Crippen LogP contribution in [0.15, 0.2) is 18.2 Å². The van der Waals surface area contributed by atoms with E-state index in [1.165, 1.54) is 14.2 Å². The molecular weight excluding hydrogens is 246 g/mol. The molecule has 0 radical (unpaired) electrons. The number of hydrogen-bond acceptors (Lipinski definition) is 4. The lowest BCUT2D eigenvalue weighted by Gasteiger charge is -2.29. The second-order valence-corrected chi connectivity index (χ2v) is 4.89. The number of methoxy groups -OCH3 is 2. The summed E-state index contributed by atoms with van der Waals surface area (Å²) in [4.78, 5) is 12.3. The molecule has 0 spiro atoms. The summed E-state index contributed by atoms with van der Waals surface area (Å²) in [6, 6.07) is 5.08. The largest absolute Gasteiger partial charge is 0.493 e. The molecular formula is C14H21NO4. The first-order valence-electron chi connectivity index (χ1n) is 6.05. The van der Waals surface area contributed by atoms with E-state index in [2.05, 4.69) is 5.32 Å². The molecule has 0 heterocycles. The first-order valence-corrected chi connectivity index (χ1v) is 6.05. The summed E-state index contributed by atoms with van der Waals surface area (Å²) in [5, 5.41) is 12.4. The standard InChI is InChI=1S/C14H21NO4/c1-9(16)14(2,3)15-13(17)10-7-6-8-11(18-4)12(10)19-5/h6-9,16H,1-5H3,(H,15,17)/t9-/m0/s1. The number of carbonyl (C=O) groups excluding carboxylic acids is 1. The lowest BCUT2D eigenvalue weighted by Crippen LogP contribution is -2.51. The molecule has 0 aliphatic carbocycles. The van der Waals surface area contributed by atoms with Crippen molar-refractivity contribution < 1.29 is 19.4 Å². The molecule has 1 aromatic carbocycles. The summed E-state index contributed by atoms with van der Waals surface area (Å²) in [5.74, 6) is 0.551. The number of amides is 1. The van der Waals surface area contributed by atoms with Crippen molar-refractivity contribution in [3.05, 3.63) is 23.8 Å². The highest BCUT2D eigenvalue weighted by molar-refractivity contribution is 5.98. The molecule has 0 unspecified atom stereocenters. The van der Waals surface area contributed by atoms with E-state index in [1.54, 1.807) is 39.0 Å². The maximum absolute atomic E-state index is 12.3. The number of aliphatic hydroxyl groups excluding tert-OH is 1. The van der Waals surface area contributed by atoms with Gasteiger partial charge in [0, 0.05) is 0 Å². The maximum atomic E-state index is 12.3. The highest BCUT2D eigenvalue weighted by Gasteiger charge is 2.28. The Balaban J connectivity index is 3.07. The van der Waals surface area contributed by atoms with Crippen molar-refractivity contribution in [2.75, 3.05) is 14.2 Å². The summed E-state index contributed by atoms with van der Waals surface area (Å²) in [6.07, 6.45) is -0.673. The van der Waals surface area contributed by atoms with Crippen LogP contribution in [0.2, 0.25) is 0 Å². The van der Waals surface area contributed by atoms with Crippen LogP contribution in [0.3, 0.4) is 0 Å². The number of para-hydroxylation sites is 1. The maximum Gasteiger partial charge on any atom is 0.255 e. The molecule has 0 aromatic heterocycles. The van der Waals surface area contributed by atoms with Crippen LogP contribution >= 0.6 is 0 Å². The summed E-state index contributed by atoms with van der Waals surface area (Å²) < 4.78 is 10.4. The molecule has 5 heteroatoms. The first kappa shape index (κ1) is 15.3. The Morgan fingerprint density at radius 1 is 1.32 bits per heavy atom. The summed E-state index contributed by atoms with van der Waals surface area (Å²) in [6.45, 7) is 5.13. The lowest BCUT2D eigenvalue weighted by atomic mass is 9.98. The fourth-order valence-corrected chi connectivity index (χ4v) is 1.53. The fourth-order valence-electron chi connectivity index (χ4n) is 1.53. The second kappa shape index (κ2) is 5.93. The zero-order valence-electron chi connectivity index (χ0n) is 12.0. The Morgan fingerprint density at radius 2 is 1.95 bits per heavy atom. The minimum Gasteiger partial charge on any atom is -0.493 e. The Bertz CT molecular complexity index is 455. The number of carbonyl (C=O) groups is 1. The molecule has 5 nitrogen and oxygen atoms in total. The van der Waals surface area contributed by atoms with E-state index in [1.807, 2.05) is 0 Å². The van der Waals surface area contributed by atoms with E-state index in [0.29, 0.717) is 17.1 Å². The van der Waals surface area contributed by atoms with E-state index >= 15 is 0 Å². The van der Waals surface area contributed by atoms with Gasteiger partial charge in [0.1, 0.15) is 0 Å². The third kappa shape index (κ3) is 3.38. The Hall–Kier alpha value is -1.75. The quantitative estimate of drug-likeness (QED) is 0.850. The Labute approximate surface area is 113 Å². The van der Waals surface area contributed by atoms with Crippen LogP contribution in [0.25, 0.3) is 0 Å². The van der Waals surface area contributed by atoms with Crippen molar-refractivity contribution in [1.29, 1.82) is 0 Å². The fraction of sp³-hybridized carbons (Fsp3) is 0.500. The van der Waals surface area contributed by atoms with E-state index in [-0.39, 0.29) is 5.91 Å². The molecule has 2 N–H and O–H groups in total. The number of nitrogens with one attached hydrogen (secondary N) is 1. The Kier molecular flexibility index (Phi) is 4.78. The van der Waals surface area contributed by atoms with Gasteiger partial charge in [-0.3, -0.25) is 4.79 Å². The number of rotatable bonds is 5. The van der Waals surface area contributed by atoms with Gasteiger partial charge in [0.15, 0.2) is 11.5 Å². The third-order valence-corrected chi connectivity index (χ3v) is 3.13. The molecule has 0 saturated heterocycles. The normalized spacial score (nSPS) is 12.7. The van der Waals surface area contributed by atoms with Crippen LogP contribution in [0.5, 0.6) is 11.5 Å². The van der Waals surface area contributed by atoms with Gasteiger partial charge in [-0.15, -0.1) is 0 Å². The van der Waals surface area contributed by atoms with Crippen molar-refractivity contribution >= 4 is 5.91 Å². The highest BCUT2D eigenvalue weighted by Crippen LogP contribution is 2.30. The van der Waals surface area contributed by atoms with Crippen LogP contribution in [0.1, 0.15) is 31.1 Å². The predicted molar refractivity (Wildman–Crippen MR) is 72.8 cm³/mol. The highest BCUT2D eigenvalue weighted by atomic mass is 16.5. The van der Waals surface area contributed by atoms with Crippen molar-refractivity contribution in [2.24, 2.45) is 0 Å².